The molecule has 0 aliphatic carbocycles. The summed E-state index contributed by atoms with van der Waals surface area (Å²) >= 11 is 0. The summed E-state index contributed by atoms with van der Waals surface area (Å²) < 4.78 is 38.3. The van der Waals surface area contributed by atoms with Gasteiger partial charge < -0.3 is 5.73 Å². The SMILES string of the molecule is Cl.Nc1cc(-c2cc(F)c(F)c(F)c2)[nH]n1. The molecule has 0 atom stereocenters. The number of aromatic nitrogens is 2. The summed E-state index contributed by atoms with van der Waals surface area (Å²) in [6.45, 7) is 0. The average molecular weight is 250 g/mol. The van der Waals surface area contributed by atoms with E-state index >= 15 is 0 Å². The van der Waals surface area contributed by atoms with Crippen LogP contribution in [-0.4, -0.2) is 10.2 Å². The van der Waals surface area contributed by atoms with Crippen LogP contribution >= 0.6 is 12.4 Å². The maximum atomic E-state index is 12.9. The van der Waals surface area contributed by atoms with E-state index in [1.807, 2.05) is 0 Å². The first-order chi connectivity index (χ1) is 7.08. The highest BCUT2D eigenvalue weighted by atomic mass is 35.5. The molecule has 16 heavy (non-hydrogen) atoms. The van der Waals surface area contributed by atoms with E-state index in [0.29, 0.717) is 5.69 Å². The summed E-state index contributed by atoms with van der Waals surface area (Å²) in [6, 6.07) is 3.13. The van der Waals surface area contributed by atoms with Gasteiger partial charge in [-0.3, -0.25) is 5.10 Å². The molecular formula is C9H7ClF3N3. The molecule has 7 heteroatoms. The van der Waals surface area contributed by atoms with Crippen molar-refractivity contribution in [2.75, 3.05) is 5.73 Å². The third kappa shape index (κ3) is 2.11. The molecule has 2 rings (SSSR count). The Bertz CT molecular complexity index is 489. The van der Waals surface area contributed by atoms with Crippen molar-refractivity contribution < 1.29 is 13.2 Å². The second-order valence-corrected chi connectivity index (χ2v) is 2.96. The first kappa shape index (κ1) is 12.4. The van der Waals surface area contributed by atoms with Gasteiger partial charge in [-0.05, 0) is 12.1 Å². The standard InChI is InChI=1S/C9H6F3N3.ClH/c10-5-1-4(2-6(11)9(5)12)7-3-8(13)15-14-7;/h1-3H,(H3,13,14,15);1H. The number of nitrogens with one attached hydrogen (secondary N) is 1. The highest BCUT2D eigenvalue weighted by Crippen LogP contribution is 2.22. The summed E-state index contributed by atoms with van der Waals surface area (Å²) in [5.74, 6) is -3.81. The van der Waals surface area contributed by atoms with Gasteiger partial charge in [-0.2, -0.15) is 5.10 Å². The lowest BCUT2D eigenvalue weighted by molar-refractivity contribution is 0.447. The minimum Gasteiger partial charge on any atom is -0.382 e. The number of rotatable bonds is 1. The second kappa shape index (κ2) is 4.44. The number of hydrogen-bond acceptors (Lipinski definition) is 2. The van der Waals surface area contributed by atoms with E-state index in [1.165, 1.54) is 6.07 Å². The van der Waals surface area contributed by atoms with E-state index in [9.17, 15) is 13.2 Å². The summed E-state index contributed by atoms with van der Waals surface area (Å²) in [5.41, 5.74) is 5.79. The van der Waals surface area contributed by atoms with Crippen molar-refractivity contribution in [2.45, 2.75) is 0 Å². The Kier molecular flexibility index (Phi) is 3.44. The normalized spacial score (nSPS) is 9.94. The zero-order valence-corrected chi connectivity index (χ0v) is 8.62. The fraction of sp³-hybridized carbons (Fsp3) is 0. The minimum absolute atomic E-state index is 0. The summed E-state index contributed by atoms with van der Waals surface area (Å²) in [5, 5.41) is 6.05. The number of halogens is 4. The Morgan fingerprint density at radius 1 is 1.06 bits per heavy atom. The molecule has 0 spiro atoms. The van der Waals surface area contributed by atoms with E-state index in [4.69, 9.17) is 5.73 Å². The molecule has 3 N–H and O–H groups in total. The number of H-pyrrole nitrogens is 1. The van der Waals surface area contributed by atoms with Crippen LogP contribution in [0, 0.1) is 17.5 Å². The fourth-order valence-corrected chi connectivity index (χ4v) is 1.20. The molecule has 0 saturated heterocycles. The average Bonchev–Trinajstić information content (AvgIpc) is 2.60. The van der Waals surface area contributed by atoms with Crippen LogP contribution in [0.3, 0.4) is 0 Å². The summed E-state index contributed by atoms with van der Waals surface area (Å²) in [4.78, 5) is 0. The minimum atomic E-state index is -1.49. The molecular weight excluding hydrogens is 243 g/mol. The van der Waals surface area contributed by atoms with Crippen molar-refractivity contribution in [1.82, 2.24) is 10.2 Å². The molecule has 0 amide bonds. The Balaban J connectivity index is 0.00000128. The van der Waals surface area contributed by atoms with Crippen LogP contribution in [0.4, 0.5) is 19.0 Å². The second-order valence-electron chi connectivity index (χ2n) is 2.96. The monoisotopic (exact) mass is 249 g/mol. The molecule has 1 heterocycles. The molecule has 0 radical (unpaired) electrons. The van der Waals surface area contributed by atoms with Gasteiger partial charge in [0.05, 0.1) is 5.69 Å². The van der Waals surface area contributed by atoms with Crippen LogP contribution in [-0.2, 0) is 0 Å². The third-order valence-corrected chi connectivity index (χ3v) is 1.89. The topological polar surface area (TPSA) is 54.7 Å². The number of nitrogen functional groups attached to an aromatic ring is 1. The third-order valence-electron chi connectivity index (χ3n) is 1.89. The maximum absolute atomic E-state index is 12.9. The number of nitrogens with two attached hydrogens (primary N) is 1. The van der Waals surface area contributed by atoms with Gasteiger partial charge in [-0.15, -0.1) is 12.4 Å². The zero-order valence-electron chi connectivity index (χ0n) is 7.80. The Hall–Kier alpha value is -1.69. The van der Waals surface area contributed by atoms with E-state index < -0.39 is 17.5 Å². The van der Waals surface area contributed by atoms with Crippen molar-refractivity contribution in [3.8, 4) is 11.3 Å². The number of anilines is 1. The number of hydrogen-bond donors (Lipinski definition) is 2. The van der Waals surface area contributed by atoms with Gasteiger partial charge in [-0.25, -0.2) is 13.2 Å². The van der Waals surface area contributed by atoms with Crippen molar-refractivity contribution in [3.05, 3.63) is 35.7 Å². The highest BCUT2D eigenvalue weighted by molar-refractivity contribution is 5.85. The maximum Gasteiger partial charge on any atom is 0.194 e. The van der Waals surface area contributed by atoms with Gasteiger partial charge in [0.15, 0.2) is 17.5 Å². The molecule has 0 aliphatic heterocycles. The van der Waals surface area contributed by atoms with Crippen LogP contribution in [0.2, 0.25) is 0 Å². The predicted molar refractivity (Wildman–Crippen MR) is 55.6 cm³/mol. The molecule has 1 aromatic carbocycles. The van der Waals surface area contributed by atoms with Crippen LogP contribution in [0.5, 0.6) is 0 Å². The van der Waals surface area contributed by atoms with E-state index in [2.05, 4.69) is 10.2 Å². The molecule has 0 bridgehead atoms. The van der Waals surface area contributed by atoms with Crippen LogP contribution in [0.25, 0.3) is 11.3 Å². The molecule has 0 aliphatic rings. The van der Waals surface area contributed by atoms with Gasteiger partial charge >= 0.3 is 0 Å². The lowest BCUT2D eigenvalue weighted by Gasteiger charge is -1.99. The molecule has 0 fully saturated rings. The Labute approximate surface area is 94.9 Å². The number of nitrogens with zero attached hydrogens (tertiary/aromatic N) is 1. The van der Waals surface area contributed by atoms with Crippen LogP contribution in [0.1, 0.15) is 0 Å². The largest absolute Gasteiger partial charge is 0.382 e. The van der Waals surface area contributed by atoms with Gasteiger partial charge in [0, 0.05) is 11.6 Å². The predicted octanol–water partition coefficient (Wildman–Crippen LogP) is 2.50. The lowest BCUT2D eigenvalue weighted by atomic mass is 10.1. The molecule has 0 saturated carbocycles. The van der Waals surface area contributed by atoms with E-state index in [-0.39, 0.29) is 23.8 Å². The Morgan fingerprint density at radius 3 is 2.06 bits per heavy atom. The van der Waals surface area contributed by atoms with Crippen LogP contribution in [0.15, 0.2) is 18.2 Å². The smallest absolute Gasteiger partial charge is 0.194 e. The summed E-state index contributed by atoms with van der Waals surface area (Å²) in [7, 11) is 0. The van der Waals surface area contributed by atoms with Crippen molar-refractivity contribution in [2.24, 2.45) is 0 Å². The summed E-state index contributed by atoms with van der Waals surface area (Å²) in [6.07, 6.45) is 0. The molecule has 1 aromatic heterocycles. The van der Waals surface area contributed by atoms with Gasteiger partial charge in [0.25, 0.3) is 0 Å². The zero-order chi connectivity index (χ0) is 11.0. The van der Waals surface area contributed by atoms with Crippen LogP contribution < -0.4 is 5.73 Å². The van der Waals surface area contributed by atoms with Gasteiger partial charge in [0.2, 0.25) is 0 Å². The number of benzene rings is 1. The lowest BCUT2D eigenvalue weighted by Crippen LogP contribution is -1.91. The fourth-order valence-electron chi connectivity index (χ4n) is 1.20. The Morgan fingerprint density at radius 2 is 1.62 bits per heavy atom. The molecule has 2 aromatic rings. The first-order valence-electron chi connectivity index (χ1n) is 4.03. The van der Waals surface area contributed by atoms with Crippen molar-refractivity contribution in [1.29, 1.82) is 0 Å². The van der Waals surface area contributed by atoms with Gasteiger partial charge in [-0.1, -0.05) is 0 Å². The van der Waals surface area contributed by atoms with Crippen molar-refractivity contribution >= 4 is 18.2 Å². The van der Waals surface area contributed by atoms with E-state index in [0.717, 1.165) is 12.1 Å². The van der Waals surface area contributed by atoms with Gasteiger partial charge in [0.1, 0.15) is 5.82 Å². The highest BCUT2D eigenvalue weighted by Gasteiger charge is 2.12. The first-order valence-corrected chi connectivity index (χ1v) is 4.03. The van der Waals surface area contributed by atoms with Crippen molar-refractivity contribution in [3.63, 3.8) is 0 Å². The molecule has 0 unspecified atom stereocenters. The molecule has 3 nitrogen and oxygen atoms in total. The quantitative estimate of drug-likeness (QED) is 0.763. The number of aromatic amines is 1. The van der Waals surface area contributed by atoms with E-state index in [1.54, 1.807) is 0 Å². The molecule has 86 valence electrons.